The van der Waals surface area contributed by atoms with Crippen molar-refractivity contribution in [2.75, 3.05) is 19.7 Å². The lowest BCUT2D eigenvalue weighted by molar-refractivity contribution is -0.159. The molecule has 1 aliphatic rings. The van der Waals surface area contributed by atoms with E-state index in [1.165, 1.54) is 22.3 Å². The highest BCUT2D eigenvalue weighted by Gasteiger charge is 2.31. The molecule has 140 valence electrons. The van der Waals surface area contributed by atoms with Crippen molar-refractivity contribution in [2.24, 2.45) is 0 Å². The van der Waals surface area contributed by atoms with Crippen LogP contribution in [0.5, 0.6) is 0 Å². The first kappa shape index (κ1) is 18.6. The molecule has 0 spiro atoms. The summed E-state index contributed by atoms with van der Waals surface area (Å²) in [4.78, 5) is 28.8. The minimum Gasteiger partial charge on any atom is -0.479 e. The number of carbonyl (C=O) groups excluding carboxylic acids is 1. The molecule has 1 aliphatic heterocycles. The Hall–Kier alpha value is -2.20. The first-order chi connectivity index (χ1) is 12.2. The summed E-state index contributed by atoms with van der Waals surface area (Å²) >= 11 is 1.24. The molecule has 2 aromatic rings. The second-order valence-electron chi connectivity index (χ2n) is 5.83. The molecule has 6 nitrogen and oxygen atoms in total. The molecule has 26 heavy (non-hydrogen) atoms. The van der Waals surface area contributed by atoms with Gasteiger partial charge in [0.05, 0.1) is 33.9 Å². The third-order valence-electron chi connectivity index (χ3n) is 4.01. The predicted molar refractivity (Wildman–Crippen MR) is 86.9 cm³/mol. The number of benzene rings is 1. The van der Waals surface area contributed by atoms with Gasteiger partial charge in [0.25, 0.3) is 0 Å². The van der Waals surface area contributed by atoms with Crippen LogP contribution in [0.4, 0.5) is 13.2 Å². The van der Waals surface area contributed by atoms with Crippen molar-refractivity contribution in [2.45, 2.75) is 25.1 Å². The molecule has 1 atom stereocenters. The standard InChI is InChI=1S/C16H15F3N2O4S/c17-16(18,19)9-1-2-12-10(7-9)20-13(26-12)3-4-14(22)21-5-6-25-11(8-21)15(23)24/h1-2,7,11H,3-6,8H2,(H,23,24). The highest BCUT2D eigenvalue weighted by atomic mass is 32.1. The molecule has 1 N–H and O–H groups in total. The molecular weight excluding hydrogens is 373 g/mol. The van der Waals surface area contributed by atoms with Gasteiger partial charge < -0.3 is 14.7 Å². The van der Waals surface area contributed by atoms with Crippen LogP contribution in [0.3, 0.4) is 0 Å². The fourth-order valence-corrected chi connectivity index (χ4v) is 3.60. The summed E-state index contributed by atoms with van der Waals surface area (Å²) < 4.78 is 43.9. The molecule has 1 unspecified atom stereocenters. The van der Waals surface area contributed by atoms with Crippen LogP contribution in [0, 0.1) is 0 Å². The minimum absolute atomic E-state index is 0.0110. The van der Waals surface area contributed by atoms with Gasteiger partial charge in [-0.2, -0.15) is 13.2 Å². The van der Waals surface area contributed by atoms with E-state index in [0.717, 1.165) is 12.1 Å². The monoisotopic (exact) mass is 388 g/mol. The molecule has 10 heteroatoms. The Morgan fingerprint density at radius 2 is 2.15 bits per heavy atom. The number of aryl methyl sites for hydroxylation is 1. The van der Waals surface area contributed by atoms with Crippen LogP contribution in [0.15, 0.2) is 18.2 Å². The van der Waals surface area contributed by atoms with Crippen molar-refractivity contribution in [1.82, 2.24) is 9.88 Å². The number of aliphatic carboxylic acids is 1. The molecule has 2 heterocycles. The number of alkyl halides is 3. The molecule has 1 amide bonds. The maximum absolute atomic E-state index is 12.7. The van der Waals surface area contributed by atoms with Gasteiger partial charge >= 0.3 is 12.1 Å². The van der Waals surface area contributed by atoms with E-state index in [9.17, 15) is 22.8 Å². The molecule has 1 aromatic carbocycles. The average Bonchev–Trinajstić information content (AvgIpc) is 3.01. The molecule has 1 aromatic heterocycles. The number of ether oxygens (including phenoxy) is 1. The lowest BCUT2D eigenvalue weighted by Crippen LogP contribution is -2.48. The van der Waals surface area contributed by atoms with Gasteiger partial charge in [-0.15, -0.1) is 11.3 Å². The fourth-order valence-electron chi connectivity index (χ4n) is 2.66. The summed E-state index contributed by atoms with van der Waals surface area (Å²) in [6, 6.07) is 3.38. The SMILES string of the molecule is O=C(O)C1CN(C(=O)CCc2nc3cc(C(F)(F)F)ccc3s2)CCO1. The minimum atomic E-state index is -4.43. The van der Waals surface area contributed by atoms with Crippen LogP contribution in [0.2, 0.25) is 0 Å². The van der Waals surface area contributed by atoms with E-state index < -0.39 is 23.8 Å². The van der Waals surface area contributed by atoms with Crippen LogP contribution < -0.4 is 0 Å². The smallest absolute Gasteiger partial charge is 0.416 e. The summed E-state index contributed by atoms with van der Waals surface area (Å²) in [5, 5.41) is 9.52. The number of hydrogen-bond donors (Lipinski definition) is 1. The summed E-state index contributed by atoms with van der Waals surface area (Å²) in [5.74, 6) is -1.34. The van der Waals surface area contributed by atoms with Crippen molar-refractivity contribution in [3.63, 3.8) is 0 Å². The fraction of sp³-hybridized carbons (Fsp3) is 0.438. The summed E-state index contributed by atoms with van der Waals surface area (Å²) in [6.45, 7) is 0.463. The number of nitrogens with zero attached hydrogens (tertiary/aromatic N) is 2. The van der Waals surface area contributed by atoms with E-state index in [0.29, 0.717) is 16.3 Å². The zero-order valence-electron chi connectivity index (χ0n) is 13.5. The van der Waals surface area contributed by atoms with Crippen LogP contribution in [0.1, 0.15) is 17.0 Å². The second kappa shape index (κ2) is 7.20. The zero-order chi connectivity index (χ0) is 18.9. The molecule has 3 rings (SSSR count). The predicted octanol–water partition coefficient (Wildman–Crippen LogP) is 2.56. The first-order valence-electron chi connectivity index (χ1n) is 7.83. The van der Waals surface area contributed by atoms with Crippen molar-refractivity contribution >= 4 is 33.4 Å². The second-order valence-corrected chi connectivity index (χ2v) is 6.94. The number of amides is 1. The third-order valence-corrected chi connectivity index (χ3v) is 5.10. The lowest BCUT2D eigenvalue weighted by atomic mass is 10.2. The van der Waals surface area contributed by atoms with Crippen molar-refractivity contribution in [1.29, 1.82) is 0 Å². The lowest BCUT2D eigenvalue weighted by Gasteiger charge is -2.30. The van der Waals surface area contributed by atoms with Crippen LogP contribution in [0.25, 0.3) is 10.2 Å². The third kappa shape index (κ3) is 4.13. The Kier molecular flexibility index (Phi) is 5.15. The van der Waals surface area contributed by atoms with Gasteiger partial charge in [-0.25, -0.2) is 9.78 Å². The van der Waals surface area contributed by atoms with Crippen LogP contribution in [-0.4, -0.2) is 52.7 Å². The number of aromatic nitrogens is 1. The number of fused-ring (bicyclic) bond motifs is 1. The topological polar surface area (TPSA) is 79.7 Å². The largest absolute Gasteiger partial charge is 0.479 e. The number of thiazole rings is 1. The quantitative estimate of drug-likeness (QED) is 0.871. The Bertz CT molecular complexity index is 836. The first-order valence-corrected chi connectivity index (χ1v) is 8.64. The maximum Gasteiger partial charge on any atom is 0.416 e. The zero-order valence-corrected chi connectivity index (χ0v) is 14.3. The molecule has 1 saturated heterocycles. The molecule has 0 saturated carbocycles. The molecule has 0 aliphatic carbocycles. The van der Waals surface area contributed by atoms with Crippen molar-refractivity contribution in [3.05, 3.63) is 28.8 Å². The number of carboxylic acid groups (broad SMARTS) is 1. The Balaban J connectivity index is 1.64. The van der Waals surface area contributed by atoms with Gasteiger partial charge in [0.15, 0.2) is 6.10 Å². The Morgan fingerprint density at radius 1 is 1.38 bits per heavy atom. The molecule has 0 bridgehead atoms. The number of carboxylic acids is 1. The van der Waals surface area contributed by atoms with E-state index in [2.05, 4.69) is 4.98 Å². The van der Waals surface area contributed by atoms with E-state index in [4.69, 9.17) is 9.84 Å². The van der Waals surface area contributed by atoms with Crippen LogP contribution in [-0.2, 0) is 26.9 Å². The van der Waals surface area contributed by atoms with E-state index >= 15 is 0 Å². The number of morpholine rings is 1. The van der Waals surface area contributed by atoms with Gasteiger partial charge in [-0.05, 0) is 18.2 Å². The van der Waals surface area contributed by atoms with Crippen molar-refractivity contribution < 1.29 is 32.6 Å². The number of rotatable bonds is 4. The summed E-state index contributed by atoms with van der Waals surface area (Å²) in [6.07, 6.45) is -5.06. The highest BCUT2D eigenvalue weighted by molar-refractivity contribution is 7.18. The van der Waals surface area contributed by atoms with E-state index in [-0.39, 0.29) is 37.4 Å². The average molecular weight is 388 g/mol. The van der Waals surface area contributed by atoms with Crippen LogP contribution >= 0.6 is 11.3 Å². The Labute approximate surface area is 150 Å². The molecular formula is C16H15F3N2O4S. The normalized spacial score (nSPS) is 18.3. The number of halogens is 3. The number of carbonyl (C=O) groups is 2. The van der Waals surface area contributed by atoms with Crippen molar-refractivity contribution in [3.8, 4) is 0 Å². The molecule has 0 radical (unpaired) electrons. The molecule has 1 fully saturated rings. The number of hydrogen-bond acceptors (Lipinski definition) is 5. The Morgan fingerprint density at radius 3 is 2.85 bits per heavy atom. The maximum atomic E-state index is 12.7. The van der Waals surface area contributed by atoms with Gasteiger partial charge in [0, 0.05) is 19.4 Å². The van der Waals surface area contributed by atoms with E-state index in [1.807, 2.05) is 0 Å². The van der Waals surface area contributed by atoms with Gasteiger partial charge in [0.1, 0.15) is 0 Å². The van der Waals surface area contributed by atoms with Gasteiger partial charge in [0.2, 0.25) is 5.91 Å². The summed E-state index contributed by atoms with van der Waals surface area (Å²) in [7, 11) is 0. The van der Waals surface area contributed by atoms with Gasteiger partial charge in [-0.3, -0.25) is 4.79 Å². The van der Waals surface area contributed by atoms with E-state index in [1.54, 1.807) is 0 Å². The van der Waals surface area contributed by atoms with Gasteiger partial charge in [-0.1, -0.05) is 0 Å². The highest BCUT2D eigenvalue weighted by Crippen LogP contribution is 2.33. The summed E-state index contributed by atoms with van der Waals surface area (Å²) in [5.41, 5.74) is -0.504.